The van der Waals surface area contributed by atoms with E-state index in [1.54, 1.807) is 54.6 Å². The van der Waals surface area contributed by atoms with E-state index in [4.69, 9.17) is 9.47 Å². The number of carbonyl (C=O) groups excluding carboxylic acids is 1. The first kappa shape index (κ1) is 18.6. The van der Waals surface area contributed by atoms with Crippen LogP contribution in [0, 0.1) is 10.1 Å². The number of para-hydroxylation sites is 1. The van der Waals surface area contributed by atoms with E-state index in [1.165, 1.54) is 23.1 Å². The van der Waals surface area contributed by atoms with Gasteiger partial charge in [-0.2, -0.15) is 0 Å². The molecule has 1 saturated heterocycles. The summed E-state index contributed by atoms with van der Waals surface area (Å²) < 4.78 is 10.8. The highest BCUT2D eigenvalue weighted by molar-refractivity contribution is 6.12. The van der Waals surface area contributed by atoms with Crippen LogP contribution in [0.2, 0.25) is 0 Å². The van der Waals surface area contributed by atoms with Crippen LogP contribution in [-0.4, -0.2) is 30.1 Å². The lowest BCUT2D eigenvalue weighted by Gasteiger charge is -2.23. The molecule has 1 atom stereocenters. The fourth-order valence-electron chi connectivity index (χ4n) is 2.93. The second-order valence-corrected chi connectivity index (χ2v) is 6.52. The van der Waals surface area contributed by atoms with Crippen molar-refractivity contribution in [1.29, 1.82) is 0 Å². The SMILES string of the molecule is O=C(c1ccccc1)N(c1ccccc1)c1cc(OCC2CO2)ccc1[N+](=O)[O-]. The summed E-state index contributed by atoms with van der Waals surface area (Å²) in [5.74, 6) is 0.0606. The van der Waals surface area contributed by atoms with Gasteiger partial charge in [0.05, 0.1) is 11.5 Å². The number of nitro groups is 1. The van der Waals surface area contributed by atoms with E-state index < -0.39 is 4.92 Å². The van der Waals surface area contributed by atoms with Crippen molar-refractivity contribution in [2.24, 2.45) is 0 Å². The summed E-state index contributed by atoms with van der Waals surface area (Å²) in [7, 11) is 0. The summed E-state index contributed by atoms with van der Waals surface area (Å²) in [6, 6.07) is 21.9. The van der Waals surface area contributed by atoms with Crippen molar-refractivity contribution in [3.05, 3.63) is 94.5 Å². The molecule has 1 unspecified atom stereocenters. The van der Waals surface area contributed by atoms with Crippen LogP contribution < -0.4 is 9.64 Å². The van der Waals surface area contributed by atoms with E-state index in [0.717, 1.165) is 0 Å². The van der Waals surface area contributed by atoms with Gasteiger partial charge in [0.2, 0.25) is 0 Å². The minimum Gasteiger partial charge on any atom is -0.491 e. The average molecular weight is 390 g/mol. The molecule has 1 heterocycles. The predicted molar refractivity (Wildman–Crippen MR) is 108 cm³/mol. The van der Waals surface area contributed by atoms with Crippen LogP contribution >= 0.6 is 0 Å². The summed E-state index contributed by atoms with van der Waals surface area (Å²) in [5, 5.41) is 11.7. The molecular weight excluding hydrogens is 372 g/mol. The van der Waals surface area contributed by atoms with Gasteiger partial charge in [-0.1, -0.05) is 36.4 Å². The van der Waals surface area contributed by atoms with E-state index in [1.807, 2.05) is 6.07 Å². The third-order valence-corrected chi connectivity index (χ3v) is 4.46. The summed E-state index contributed by atoms with van der Waals surface area (Å²) in [5.41, 5.74) is 0.896. The van der Waals surface area contributed by atoms with Gasteiger partial charge >= 0.3 is 0 Å². The number of anilines is 2. The Morgan fingerprint density at radius 2 is 1.72 bits per heavy atom. The molecule has 1 aliphatic rings. The predicted octanol–water partition coefficient (Wildman–Crippen LogP) is 4.35. The number of hydrogen-bond donors (Lipinski definition) is 0. The monoisotopic (exact) mass is 390 g/mol. The van der Waals surface area contributed by atoms with Crippen molar-refractivity contribution < 1.29 is 19.2 Å². The molecule has 7 nitrogen and oxygen atoms in total. The molecule has 1 aliphatic heterocycles. The van der Waals surface area contributed by atoms with Gasteiger partial charge in [-0.3, -0.25) is 19.8 Å². The number of carbonyl (C=O) groups is 1. The van der Waals surface area contributed by atoms with Crippen LogP contribution in [0.4, 0.5) is 17.1 Å². The molecule has 0 radical (unpaired) electrons. The van der Waals surface area contributed by atoms with Crippen molar-refractivity contribution in [2.75, 3.05) is 18.1 Å². The van der Waals surface area contributed by atoms with Crippen molar-refractivity contribution in [1.82, 2.24) is 0 Å². The smallest absolute Gasteiger partial charge is 0.293 e. The van der Waals surface area contributed by atoms with Gasteiger partial charge in [-0.05, 0) is 30.3 Å². The van der Waals surface area contributed by atoms with Crippen LogP contribution in [0.5, 0.6) is 5.75 Å². The summed E-state index contributed by atoms with van der Waals surface area (Å²) in [4.78, 5) is 25.9. The Kier molecular flexibility index (Phi) is 5.22. The number of nitrogens with zero attached hydrogens (tertiary/aromatic N) is 2. The minimum atomic E-state index is -0.503. The highest BCUT2D eigenvalue weighted by Gasteiger charge is 2.28. The maximum atomic E-state index is 13.4. The second kappa shape index (κ2) is 8.12. The van der Waals surface area contributed by atoms with E-state index in [0.29, 0.717) is 30.2 Å². The molecule has 7 heteroatoms. The zero-order valence-electron chi connectivity index (χ0n) is 15.4. The molecule has 146 valence electrons. The van der Waals surface area contributed by atoms with Crippen molar-refractivity contribution >= 4 is 23.0 Å². The zero-order valence-corrected chi connectivity index (χ0v) is 15.4. The molecule has 3 aromatic carbocycles. The maximum Gasteiger partial charge on any atom is 0.293 e. The minimum absolute atomic E-state index is 0.0461. The molecule has 1 amide bonds. The number of rotatable bonds is 7. The second-order valence-electron chi connectivity index (χ2n) is 6.52. The van der Waals surface area contributed by atoms with Crippen LogP contribution in [0.1, 0.15) is 10.4 Å². The molecule has 0 aliphatic carbocycles. The van der Waals surface area contributed by atoms with E-state index in [2.05, 4.69) is 0 Å². The Morgan fingerprint density at radius 3 is 2.34 bits per heavy atom. The van der Waals surface area contributed by atoms with Crippen LogP contribution in [-0.2, 0) is 4.74 Å². The molecule has 0 saturated carbocycles. The largest absolute Gasteiger partial charge is 0.491 e. The summed E-state index contributed by atoms with van der Waals surface area (Å²) >= 11 is 0. The van der Waals surface area contributed by atoms with Gasteiger partial charge < -0.3 is 9.47 Å². The van der Waals surface area contributed by atoms with Gasteiger partial charge in [0, 0.05) is 23.4 Å². The van der Waals surface area contributed by atoms with Crippen LogP contribution in [0.15, 0.2) is 78.9 Å². The lowest BCUT2D eigenvalue weighted by atomic mass is 10.1. The molecular formula is C22H18N2O5. The molecule has 0 bridgehead atoms. The molecule has 1 fully saturated rings. The lowest BCUT2D eigenvalue weighted by Crippen LogP contribution is -2.26. The van der Waals surface area contributed by atoms with Gasteiger partial charge in [0.15, 0.2) is 0 Å². The fraction of sp³-hybridized carbons (Fsp3) is 0.136. The van der Waals surface area contributed by atoms with E-state index >= 15 is 0 Å². The first-order chi connectivity index (χ1) is 14.1. The van der Waals surface area contributed by atoms with Crippen LogP contribution in [0.25, 0.3) is 0 Å². The Labute approximate surface area is 167 Å². The van der Waals surface area contributed by atoms with Crippen molar-refractivity contribution in [3.63, 3.8) is 0 Å². The Hall–Kier alpha value is -3.71. The highest BCUT2D eigenvalue weighted by atomic mass is 16.6. The highest BCUT2D eigenvalue weighted by Crippen LogP contribution is 2.37. The zero-order chi connectivity index (χ0) is 20.2. The van der Waals surface area contributed by atoms with Crippen molar-refractivity contribution in [2.45, 2.75) is 6.10 Å². The number of ether oxygens (including phenoxy) is 2. The van der Waals surface area contributed by atoms with Gasteiger partial charge in [-0.15, -0.1) is 0 Å². The number of amides is 1. The molecule has 0 N–H and O–H groups in total. The number of hydrogen-bond acceptors (Lipinski definition) is 5. The summed E-state index contributed by atoms with van der Waals surface area (Å²) in [6.45, 7) is 0.998. The quantitative estimate of drug-likeness (QED) is 0.340. The number of epoxide rings is 1. The fourth-order valence-corrected chi connectivity index (χ4v) is 2.93. The number of benzene rings is 3. The lowest BCUT2D eigenvalue weighted by molar-refractivity contribution is -0.384. The van der Waals surface area contributed by atoms with Crippen molar-refractivity contribution in [3.8, 4) is 5.75 Å². The van der Waals surface area contributed by atoms with E-state index in [9.17, 15) is 14.9 Å². The standard InChI is InChI=1S/C22H18N2O5/c25-22(16-7-3-1-4-8-16)23(17-9-5-2-6-10-17)21-13-18(28-14-19-15-29-19)11-12-20(21)24(26)27/h1-13,19H,14-15H2. The third-order valence-electron chi connectivity index (χ3n) is 4.46. The average Bonchev–Trinajstić information content (AvgIpc) is 3.58. The molecule has 0 spiro atoms. The molecule has 0 aromatic heterocycles. The molecule has 29 heavy (non-hydrogen) atoms. The topological polar surface area (TPSA) is 85.2 Å². The molecule has 3 aromatic rings. The normalized spacial score (nSPS) is 14.8. The number of nitro benzene ring substituents is 1. The summed E-state index contributed by atoms with van der Waals surface area (Å²) in [6.07, 6.45) is 0.0461. The van der Waals surface area contributed by atoms with E-state index in [-0.39, 0.29) is 23.4 Å². The van der Waals surface area contributed by atoms with Gasteiger partial charge in [0.25, 0.3) is 11.6 Å². The first-order valence-corrected chi connectivity index (χ1v) is 9.11. The maximum absolute atomic E-state index is 13.4. The van der Waals surface area contributed by atoms with Gasteiger partial charge in [-0.25, -0.2) is 0 Å². The van der Waals surface area contributed by atoms with Gasteiger partial charge in [0.1, 0.15) is 24.1 Å². The third kappa shape index (κ3) is 4.25. The van der Waals surface area contributed by atoms with Crippen LogP contribution in [0.3, 0.4) is 0 Å². The Bertz CT molecular complexity index is 1020. The molecule has 4 rings (SSSR count). The first-order valence-electron chi connectivity index (χ1n) is 9.11. The Balaban J connectivity index is 1.81. The Morgan fingerprint density at radius 1 is 1.07 bits per heavy atom.